The van der Waals surface area contributed by atoms with E-state index >= 15 is 0 Å². The highest BCUT2D eigenvalue weighted by atomic mass is 35.5. The van der Waals surface area contributed by atoms with Gasteiger partial charge in [0.1, 0.15) is 17.1 Å². The number of allylic oxidation sites excluding steroid dienone is 2. The van der Waals surface area contributed by atoms with Gasteiger partial charge in [-0.1, -0.05) is 29.3 Å². The minimum atomic E-state index is -0.912. The largest absolute Gasteiger partial charge is 0.465 e. The molecule has 2 amide bonds. The molecule has 0 saturated heterocycles. The molecule has 3 aromatic rings. The third-order valence-electron chi connectivity index (χ3n) is 5.96. The molecule has 1 aliphatic rings. The Balaban J connectivity index is 1.52. The Morgan fingerprint density at radius 3 is 2.23 bits per heavy atom. The zero-order chi connectivity index (χ0) is 29.1. The zero-order valence-corrected chi connectivity index (χ0v) is 23.6. The van der Waals surface area contributed by atoms with Crippen molar-refractivity contribution in [2.75, 3.05) is 17.3 Å². The van der Waals surface area contributed by atoms with Gasteiger partial charge in [-0.2, -0.15) is 0 Å². The molecule has 0 aliphatic carbocycles. The van der Waals surface area contributed by atoms with Crippen molar-refractivity contribution in [3.05, 3.63) is 98.2 Å². The molecule has 9 nitrogen and oxygen atoms in total. The number of anilines is 2. The number of nitrogens with zero attached hydrogens (tertiary/aromatic N) is 1. The third-order valence-corrected chi connectivity index (χ3v) is 6.40. The summed E-state index contributed by atoms with van der Waals surface area (Å²) in [4.78, 5) is 52.0. The van der Waals surface area contributed by atoms with Gasteiger partial charge in [0, 0.05) is 33.2 Å². The maximum absolute atomic E-state index is 13.3. The second-order valence-corrected chi connectivity index (χ2v) is 9.96. The first kappa shape index (κ1) is 28.7. The van der Waals surface area contributed by atoms with Crippen LogP contribution in [0.15, 0.2) is 69.9 Å². The summed E-state index contributed by atoms with van der Waals surface area (Å²) in [6, 6.07) is 13.4. The Morgan fingerprint density at radius 2 is 1.60 bits per heavy atom. The van der Waals surface area contributed by atoms with Crippen molar-refractivity contribution >= 4 is 64.2 Å². The van der Waals surface area contributed by atoms with Crippen LogP contribution in [0, 0.1) is 13.8 Å². The SMILES string of the molecule is COC(=O)C1=C(C)N(c2cc(C)cc(C)c2)/C(=C/c2ccc(CNC(=O)C(=O)Nc3cc(Cl)cc(Cl)c3)o2)C1=O. The Labute approximate surface area is 240 Å². The molecule has 4 rings (SSSR count). The summed E-state index contributed by atoms with van der Waals surface area (Å²) < 4.78 is 10.6. The predicted molar refractivity (Wildman–Crippen MR) is 152 cm³/mol. The topological polar surface area (TPSA) is 118 Å². The van der Waals surface area contributed by atoms with Crippen molar-refractivity contribution in [1.29, 1.82) is 0 Å². The summed E-state index contributed by atoms with van der Waals surface area (Å²) in [6.07, 6.45) is 1.51. The zero-order valence-electron chi connectivity index (χ0n) is 22.1. The highest BCUT2D eigenvalue weighted by molar-refractivity contribution is 6.40. The summed E-state index contributed by atoms with van der Waals surface area (Å²) in [7, 11) is 1.22. The first-order valence-electron chi connectivity index (χ1n) is 12.0. The number of ketones is 1. The summed E-state index contributed by atoms with van der Waals surface area (Å²) in [5, 5.41) is 5.51. The van der Waals surface area contributed by atoms with Crippen LogP contribution < -0.4 is 15.5 Å². The van der Waals surface area contributed by atoms with Gasteiger partial charge in [0.2, 0.25) is 5.78 Å². The molecule has 1 aromatic heterocycles. The van der Waals surface area contributed by atoms with Gasteiger partial charge in [0.25, 0.3) is 0 Å². The lowest BCUT2D eigenvalue weighted by atomic mass is 10.1. The van der Waals surface area contributed by atoms with Gasteiger partial charge in [-0.25, -0.2) is 4.79 Å². The van der Waals surface area contributed by atoms with Gasteiger partial charge in [-0.15, -0.1) is 0 Å². The van der Waals surface area contributed by atoms with E-state index in [1.54, 1.807) is 24.0 Å². The fourth-order valence-corrected chi connectivity index (χ4v) is 4.86. The first-order valence-corrected chi connectivity index (χ1v) is 12.8. The number of aryl methyl sites for hydroxylation is 2. The number of ether oxygens (including phenoxy) is 1. The Morgan fingerprint density at radius 1 is 0.950 bits per heavy atom. The van der Waals surface area contributed by atoms with Crippen LogP contribution in [0.1, 0.15) is 29.6 Å². The molecular formula is C29H25Cl2N3O6. The van der Waals surface area contributed by atoms with Gasteiger partial charge in [-0.3, -0.25) is 14.4 Å². The summed E-state index contributed by atoms with van der Waals surface area (Å²) in [6.45, 7) is 5.46. The van der Waals surface area contributed by atoms with E-state index in [1.807, 2.05) is 32.0 Å². The molecule has 0 unspecified atom stereocenters. The molecule has 2 N–H and O–H groups in total. The smallest absolute Gasteiger partial charge is 0.343 e. The maximum Gasteiger partial charge on any atom is 0.343 e. The molecule has 0 bridgehead atoms. The van der Waals surface area contributed by atoms with Crippen LogP contribution in [0.3, 0.4) is 0 Å². The minimum absolute atomic E-state index is 0.0704. The number of amides is 2. The van der Waals surface area contributed by atoms with Crippen molar-refractivity contribution in [3.8, 4) is 0 Å². The fraction of sp³-hybridized carbons (Fsp3) is 0.172. The molecule has 0 saturated carbocycles. The van der Waals surface area contributed by atoms with E-state index in [9.17, 15) is 19.2 Å². The third kappa shape index (κ3) is 6.27. The van der Waals surface area contributed by atoms with Crippen LogP contribution in [0.4, 0.5) is 11.4 Å². The van der Waals surface area contributed by atoms with E-state index in [0.29, 0.717) is 33.0 Å². The lowest BCUT2D eigenvalue weighted by Gasteiger charge is -2.22. The Kier molecular flexibility index (Phi) is 8.46. The maximum atomic E-state index is 13.3. The average molecular weight is 582 g/mol. The molecule has 0 spiro atoms. The number of benzene rings is 2. The molecule has 0 radical (unpaired) electrons. The van der Waals surface area contributed by atoms with E-state index in [2.05, 4.69) is 10.6 Å². The van der Waals surface area contributed by atoms with Gasteiger partial charge in [0.05, 0.1) is 19.4 Å². The molecule has 11 heteroatoms. The van der Waals surface area contributed by atoms with Gasteiger partial charge < -0.3 is 24.7 Å². The number of halogens is 2. The molecule has 2 heterocycles. The van der Waals surface area contributed by atoms with Crippen LogP contribution >= 0.6 is 23.2 Å². The number of Topliss-reactive ketones (excluding diaryl/α,β-unsaturated/α-hetero) is 1. The molecule has 0 fully saturated rings. The second-order valence-electron chi connectivity index (χ2n) is 9.09. The van der Waals surface area contributed by atoms with E-state index in [1.165, 1.54) is 31.4 Å². The van der Waals surface area contributed by atoms with Crippen molar-refractivity contribution < 1.29 is 28.3 Å². The normalized spacial score (nSPS) is 14.1. The highest BCUT2D eigenvalue weighted by Crippen LogP contribution is 2.36. The van der Waals surface area contributed by atoms with Crippen molar-refractivity contribution in [1.82, 2.24) is 5.32 Å². The number of esters is 1. The van der Waals surface area contributed by atoms with Crippen molar-refractivity contribution in [3.63, 3.8) is 0 Å². The van der Waals surface area contributed by atoms with E-state index < -0.39 is 23.6 Å². The van der Waals surface area contributed by atoms with Crippen LogP contribution in [-0.4, -0.2) is 30.7 Å². The van der Waals surface area contributed by atoms with E-state index in [4.69, 9.17) is 32.4 Å². The number of carbonyl (C=O) groups excluding carboxylic acids is 4. The Bertz CT molecular complexity index is 1560. The summed E-state index contributed by atoms with van der Waals surface area (Å²) >= 11 is 11.8. The van der Waals surface area contributed by atoms with Crippen LogP contribution in [0.25, 0.3) is 6.08 Å². The number of rotatable bonds is 6. The van der Waals surface area contributed by atoms with Gasteiger partial charge >= 0.3 is 17.8 Å². The van der Waals surface area contributed by atoms with Crippen molar-refractivity contribution in [2.45, 2.75) is 27.3 Å². The standard InChI is InChI=1S/C29H25Cl2N3O6/c1-15-7-16(2)9-21(8-15)34-17(3)25(29(38)39-4)26(35)24(34)13-22-5-6-23(40-22)14-32-27(36)28(37)33-20-11-18(30)10-19(31)12-20/h5-13H,14H2,1-4H3,(H,32,36)(H,33,37)/b24-13+. The minimum Gasteiger partial charge on any atom is -0.465 e. The summed E-state index contributed by atoms with van der Waals surface area (Å²) in [5.74, 6) is -2.42. The number of furan rings is 1. The molecule has 2 aromatic carbocycles. The molecule has 0 atom stereocenters. The second kappa shape index (κ2) is 11.8. The molecular weight excluding hydrogens is 557 g/mol. The number of carbonyl (C=O) groups is 4. The van der Waals surface area contributed by atoms with E-state index in [0.717, 1.165) is 11.1 Å². The predicted octanol–water partition coefficient (Wildman–Crippen LogP) is 5.34. The molecule has 1 aliphatic heterocycles. The quantitative estimate of drug-likeness (QED) is 0.175. The highest BCUT2D eigenvalue weighted by Gasteiger charge is 2.38. The Hall–Kier alpha value is -4.34. The first-order chi connectivity index (χ1) is 19.0. The molecule has 40 heavy (non-hydrogen) atoms. The number of methoxy groups -OCH3 is 1. The summed E-state index contributed by atoms with van der Waals surface area (Å²) in [5.41, 5.74) is 3.51. The van der Waals surface area contributed by atoms with Gasteiger partial charge in [-0.05, 0) is 74.4 Å². The lowest BCUT2D eigenvalue weighted by molar-refractivity contribution is -0.137. The van der Waals surface area contributed by atoms with Crippen LogP contribution in [-0.2, 0) is 30.5 Å². The monoisotopic (exact) mass is 581 g/mol. The number of hydrogen-bond acceptors (Lipinski definition) is 7. The van der Waals surface area contributed by atoms with Crippen LogP contribution in [0.2, 0.25) is 10.0 Å². The van der Waals surface area contributed by atoms with Crippen LogP contribution in [0.5, 0.6) is 0 Å². The number of nitrogens with one attached hydrogen (secondary N) is 2. The van der Waals surface area contributed by atoms with E-state index in [-0.39, 0.29) is 23.5 Å². The van der Waals surface area contributed by atoms with Gasteiger partial charge in [0.15, 0.2) is 0 Å². The fourth-order valence-electron chi connectivity index (χ4n) is 4.33. The van der Waals surface area contributed by atoms with Crippen molar-refractivity contribution in [2.24, 2.45) is 0 Å². The number of hydrogen-bond donors (Lipinski definition) is 2. The average Bonchev–Trinajstić information content (AvgIpc) is 3.42. The molecule has 206 valence electrons. The lowest BCUT2D eigenvalue weighted by Crippen LogP contribution is -2.34.